The van der Waals surface area contributed by atoms with Crippen LogP contribution in [0, 0.1) is 13.8 Å². The van der Waals surface area contributed by atoms with Crippen LogP contribution in [0.15, 0.2) is 43.0 Å². The maximum atomic E-state index is 6.38. The molecule has 1 aromatic carbocycles. The lowest BCUT2D eigenvalue weighted by atomic mass is 10.1. The largest absolute Gasteiger partial charge is 0.484 e. The van der Waals surface area contributed by atoms with E-state index in [2.05, 4.69) is 25.3 Å². The molecular formula is C22H21N7O. The highest BCUT2D eigenvalue weighted by atomic mass is 16.5. The van der Waals surface area contributed by atoms with Crippen molar-refractivity contribution in [3.05, 3.63) is 59.9 Å². The Balaban J connectivity index is 1.56. The van der Waals surface area contributed by atoms with Crippen molar-refractivity contribution in [3.63, 3.8) is 0 Å². The first kappa shape index (κ1) is 18.2. The number of nitrogens with one attached hydrogen (secondary N) is 1. The highest BCUT2D eigenvalue weighted by molar-refractivity contribution is 5.94. The second-order valence-corrected chi connectivity index (χ2v) is 7.47. The summed E-state index contributed by atoms with van der Waals surface area (Å²) in [6.45, 7) is 5.96. The molecule has 30 heavy (non-hydrogen) atoms. The average molecular weight is 399 g/mol. The van der Waals surface area contributed by atoms with E-state index in [1.54, 1.807) is 23.3 Å². The number of pyridine rings is 1. The van der Waals surface area contributed by atoms with E-state index in [9.17, 15) is 0 Å². The first-order valence-electron chi connectivity index (χ1n) is 9.72. The van der Waals surface area contributed by atoms with E-state index in [4.69, 9.17) is 9.72 Å². The van der Waals surface area contributed by atoms with E-state index in [-0.39, 0.29) is 6.10 Å². The van der Waals surface area contributed by atoms with Gasteiger partial charge in [0, 0.05) is 42.3 Å². The summed E-state index contributed by atoms with van der Waals surface area (Å²) < 4.78 is 8.14. The third-order valence-corrected chi connectivity index (χ3v) is 5.14. The van der Waals surface area contributed by atoms with Gasteiger partial charge >= 0.3 is 0 Å². The van der Waals surface area contributed by atoms with E-state index in [1.165, 1.54) is 0 Å². The van der Waals surface area contributed by atoms with Crippen molar-refractivity contribution < 1.29 is 4.74 Å². The fraction of sp³-hybridized carbons (Fsp3) is 0.227. The fourth-order valence-electron chi connectivity index (χ4n) is 3.70. The van der Waals surface area contributed by atoms with Crippen LogP contribution in [0.25, 0.3) is 33.2 Å². The molecular weight excluding hydrogens is 378 g/mol. The van der Waals surface area contributed by atoms with Crippen molar-refractivity contribution in [3.8, 4) is 17.0 Å². The monoisotopic (exact) mass is 399 g/mol. The number of aryl methyl sites for hydroxylation is 3. The van der Waals surface area contributed by atoms with Crippen LogP contribution in [0.2, 0.25) is 0 Å². The van der Waals surface area contributed by atoms with Crippen LogP contribution in [0.5, 0.6) is 5.75 Å². The molecule has 4 aromatic heterocycles. The third kappa shape index (κ3) is 3.06. The predicted molar refractivity (Wildman–Crippen MR) is 114 cm³/mol. The standard InChI is InChI=1S/C22H21N7O/c1-12-7-17-16(21(28-27-17)15-10-25-29(4)11-15)9-19(12)30-14(3)20-22-18(8-13(2)26-20)23-5-6-24-22/h5-11,14H,1-4H3,(H,27,28). The van der Waals surface area contributed by atoms with Crippen LogP contribution < -0.4 is 4.74 Å². The molecule has 8 heteroatoms. The number of ether oxygens (including phenoxy) is 1. The Bertz CT molecular complexity index is 1390. The maximum absolute atomic E-state index is 6.38. The Labute approximate surface area is 173 Å². The van der Waals surface area contributed by atoms with Crippen LogP contribution in [0.4, 0.5) is 0 Å². The summed E-state index contributed by atoms with van der Waals surface area (Å²) in [6, 6.07) is 6.00. The van der Waals surface area contributed by atoms with E-state index in [1.807, 2.05) is 52.2 Å². The molecule has 1 unspecified atom stereocenters. The quantitative estimate of drug-likeness (QED) is 0.490. The lowest BCUT2D eigenvalue weighted by Crippen LogP contribution is -2.09. The topological polar surface area (TPSA) is 94.4 Å². The SMILES string of the molecule is Cc1cc2nccnc2c(C(C)Oc2cc3c(-c4cnn(C)c4)n[nH]c3cc2C)n1. The van der Waals surface area contributed by atoms with Crippen LogP contribution in [-0.2, 0) is 7.05 Å². The minimum Gasteiger partial charge on any atom is -0.484 e. The fourth-order valence-corrected chi connectivity index (χ4v) is 3.70. The zero-order valence-corrected chi connectivity index (χ0v) is 17.2. The van der Waals surface area contributed by atoms with Gasteiger partial charge in [0.05, 0.1) is 17.2 Å². The first-order chi connectivity index (χ1) is 14.5. The predicted octanol–water partition coefficient (Wildman–Crippen LogP) is 4.06. The molecule has 0 radical (unpaired) electrons. The molecule has 0 aliphatic carbocycles. The molecule has 0 fully saturated rings. The first-order valence-corrected chi connectivity index (χ1v) is 9.72. The number of hydrogen-bond acceptors (Lipinski definition) is 6. The number of fused-ring (bicyclic) bond motifs is 2. The Kier molecular flexibility index (Phi) is 4.20. The summed E-state index contributed by atoms with van der Waals surface area (Å²) in [5, 5.41) is 12.8. The van der Waals surface area contributed by atoms with Gasteiger partial charge in [0.1, 0.15) is 28.8 Å². The van der Waals surface area contributed by atoms with E-state index in [0.29, 0.717) is 0 Å². The molecule has 0 saturated heterocycles. The van der Waals surface area contributed by atoms with Gasteiger partial charge in [-0.05, 0) is 44.5 Å². The van der Waals surface area contributed by atoms with Crippen molar-refractivity contribution in [2.75, 3.05) is 0 Å². The summed E-state index contributed by atoms with van der Waals surface area (Å²) in [7, 11) is 1.89. The molecule has 0 aliphatic rings. The van der Waals surface area contributed by atoms with Crippen LogP contribution in [-0.4, -0.2) is 34.9 Å². The van der Waals surface area contributed by atoms with Crippen LogP contribution >= 0.6 is 0 Å². The van der Waals surface area contributed by atoms with E-state index < -0.39 is 0 Å². The smallest absolute Gasteiger partial charge is 0.140 e. The minimum atomic E-state index is -0.297. The summed E-state index contributed by atoms with van der Waals surface area (Å²) in [5.41, 5.74) is 7.00. The average Bonchev–Trinajstić information content (AvgIpc) is 3.33. The number of rotatable bonds is 4. The molecule has 0 spiro atoms. The Morgan fingerprint density at radius 3 is 2.73 bits per heavy atom. The van der Waals surface area contributed by atoms with Gasteiger partial charge in [-0.3, -0.25) is 24.7 Å². The highest BCUT2D eigenvalue weighted by Gasteiger charge is 2.18. The van der Waals surface area contributed by atoms with Gasteiger partial charge in [0.15, 0.2) is 0 Å². The second-order valence-electron chi connectivity index (χ2n) is 7.47. The molecule has 150 valence electrons. The maximum Gasteiger partial charge on any atom is 0.140 e. The number of H-pyrrole nitrogens is 1. The van der Waals surface area contributed by atoms with Crippen molar-refractivity contribution in [2.45, 2.75) is 26.9 Å². The van der Waals surface area contributed by atoms with E-state index in [0.717, 1.165) is 55.9 Å². The Morgan fingerprint density at radius 1 is 1.10 bits per heavy atom. The van der Waals surface area contributed by atoms with Gasteiger partial charge in [-0.15, -0.1) is 0 Å². The van der Waals surface area contributed by atoms with Gasteiger partial charge in [-0.2, -0.15) is 10.2 Å². The molecule has 1 atom stereocenters. The number of aromatic nitrogens is 7. The molecule has 1 N–H and O–H groups in total. The Morgan fingerprint density at radius 2 is 1.93 bits per heavy atom. The zero-order chi connectivity index (χ0) is 20.8. The highest BCUT2D eigenvalue weighted by Crippen LogP contribution is 2.34. The molecule has 0 aliphatic heterocycles. The molecule has 0 amide bonds. The lowest BCUT2D eigenvalue weighted by molar-refractivity contribution is 0.222. The van der Waals surface area contributed by atoms with Gasteiger partial charge in [0.2, 0.25) is 0 Å². The number of aromatic amines is 1. The molecule has 0 bridgehead atoms. The summed E-state index contributed by atoms with van der Waals surface area (Å²) in [4.78, 5) is 13.6. The summed E-state index contributed by atoms with van der Waals surface area (Å²) in [6.07, 6.45) is 6.82. The molecule has 5 aromatic rings. The number of benzene rings is 1. The Hall–Kier alpha value is -3.81. The zero-order valence-electron chi connectivity index (χ0n) is 17.2. The van der Waals surface area contributed by atoms with Gasteiger partial charge in [0.25, 0.3) is 0 Å². The summed E-state index contributed by atoms with van der Waals surface area (Å²) >= 11 is 0. The number of nitrogens with zero attached hydrogens (tertiary/aromatic N) is 6. The van der Waals surface area contributed by atoms with Gasteiger partial charge in [-0.25, -0.2) is 0 Å². The van der Waals surface area contributed by atoms with E-state index >= 15 is 0 Å². The molecule has 8 nitrogen and oxygen atoms in total. The van der Waals surface area contributed by atoms with Crippen molar-refractivity contribution in [1.29, 1.82) is 0 Å². The molecule has 0 saturated carbocycles. The van der Waals surface area contributed by atoms with Crippen molar-refractivity contribution >= 4 is 21.9 Å². The van der Waals surface area contributed by atoms with Gasteiger partial charge < -0.3 is 4.74 Å². The number of hydrogen-bond donors (Lipinski definition) is 1. The van der Waals surface area contributed by atoms with Crippen LogP contribution in [0.1, 0.15) is 30.0 Å². The third-order valence-electron chi connectivity index (χ3n) is 5.14. The summed E-state index contributed by atoms with van der Waals surface area (Å²) in [5.74, 6) is 0.780. The van der Waals surface area contributed by atoms with Gasteiger partial charge in [-0.1, -0.05) is 0 Å². The normalized spacial score (nSPS) is 12.5. The van der Waals surface area contributed by atoms with Crippen molar-refractivity contribution in [2.24, 2.45) is 7.05 Å². The van der Waals surface area contributed by atoms with Crippen molar-refractivity contribution in [1.82, 2.24) is 34.9 Å². The lowest BCUT2D eigenvalue weighted by Gasteiger charge is -2.18. The second kappa shape index (κ2) is 6.91. The minimum absolute atomic E-state index is 0.297. The van der Waals surface area contributed by atoms with Crippen LogP contribution in [0.3, 0.4) is 0 Å². The molecule has 4 heterocycles. The molecule has 5 rings (SSSR count).